The van der Waals surface area contributed by atoms with Crippen molar-refractivity contribution in [2.45, 2.75) is 44.9 Å². The van der Waals surface area contributed by atoms with Gasteiger partial charge < -0.3 is 0 Å². The van der Waals surface area contributed by atoms with Gasteiger partial charge in [-0.3, -0.25) is 5.01 Å². The predicted molar refractivity (Wildman–Crippen MR) is 52.1 cm³/mol. The van der Waals surface area contributed by atoms with E-state index in [1.807, 2.05) is 0 Å². The van der Waals surface area contributed by atoms with Gasteiger partial charge in [0.15, 0.2) is 0 Å². The quantitative estimate of drug-likeness (QED) is 0.584. The Morgan fingerprint density at radius 1 is 0.923 bits per heavy atom. The lowest BCUT2D eigenvalue weighted by Gasteiger charge is -2.42. The van der Waals surface area contributed by atoms with Crippen LogP contribution in [0.5, 0.6) is 0 Å². The molecule has 74 valence electrons. The Morgan fingerprint density at radius 2 is 1.54 bits per heavy atom. The summed E-state index contributed by atoms with van der Waals surface area (Å²) < 4.78 is 0. The number of nitrogens with zero attached hydrogens (tertiary/aromatic N) is 2. The van der Waals surface area contributed by atoms with Gasteiger partial charge in [-0.2, -0.15) is 0 Å². The molecule has 3 heteroatoms. The molecule has 1 saturated carbocycles. The van der Waals surface area contributed by atoms with Crippen molar-refractivity contribution in [3.63, 3.8) is 0 Å². The maximum absolute atomic E-state index is 10.3. The largest absolute Gasteiger partial charge is 0.261 e. The Labute approximate surface area is 79.4 Å². The van der Waals surface area contributed by atoms with E-state index in [4.69, 9.17) is 0 Å². The van der Waals surface area contributed by atoms with Gasteiger partial charge in [0.1, 0.15) is 0 Å². The summed E-state index contributed by atoms with van der Waals surface area (Å²) in [6, 6.07) is 0. The molecule has 0 atom stereocenters. The van der Waals surface area contributed by atoms with Gasteiger partial charge in [-0.25, -0.2) is 0 Å². The van der Waals surface area contributed by atoms with Crippen molar-refractivity contribution in [2.24, 2.45) is 10.7 Å². The predicted octanol–water partition coefficient (Wildman–Crippen LogP) is 2.71. The monoisotopic (exact) mass is 182 g/mol. The van der Waals surface area contributed by atoms with Crippen LogP contribution in [0.4, 0.5) is 0 Å². The summed E-state index contributed by atoms with van der Waals surface area (Å²) in [6.07, 6.45) is 9.37. The summed E-state index contributed by atoms with van der Waals surface area (Å²) in [5, 5.41) is 4.69. The van der Waals surface area contributed by atoms with E-state index in [2.05, 4.69) is 5.29 Å². The topological polar surface area (TPSA) is 32.7 Å². The molecule has 0 radical (unpaired) electrons. The van der Waals surface area contributed by atoms with Crippen LogP contribution in [0.3, 0.4) is 0 Å². The molecule has 0 aromatic heterocycles. The van der Waals surface area contributed by atoms with E-state index in [-0.39, 0.29) is 0 Å². The van der Waals surface area contributed by atoms with E-state index in [1.165, 1.54) is 44.9 Å². The highest BCUT2D eigenvalue weighted by Gasteiger charge is 2.35. The van der Waals surface area contributed by atoms with E-state index in [0.29, 0.717) is 5.41 Å². The minimum Gasteiger partial charge on any atom is -0.261 e. The Balaban J connectivity index is 1.91. The number of piperidine rings is 1. The molecule has 1 spiro atoms. The Kier molecular flexibility index (Phi) is 2.51. The number of rotatable bonds is 1. The minimum absolute atomic E-state index is 0.597. The van der Waals surface area contributed by atoms with Crippen LogP contribution in [0.2, 0.25) is 0 Å². The normalized spacial score (nSPS) is 27.5. The highest BCUT2D eigenvalue weighted by molar-refractivity contribution is 4.87. The van der Waals surface area contributed by atoms with Crippen LogP contribution >= 0.6 is 0 Å². The van der Waals surface area contributed by atoms with Crippen LogP contribution < -0.4 is 0 Å². The third kappa shape index (κ3) is 1.84. The lowest BCUT2D eigenvalue weighted by molar-refractivity contribution is 0.0685. The first kappa shape index (κ1) is 8.97. The van der Waals surface area contributed by atoms with Crippen molar-refractivity contribution in [1.29, 1.82) is 0 Å². The Morgan fingerprint density at radius 3 is 2.08 bits per heavy atom. The molecule has 0 unspecified atom stereocenters. The zero-order valence-electron chi connectivity index (χ0n) is 8.17. The fourth-order valence-electron chi connectivity index (χ4n) is 2.85. The fraction of sp³-hybridized carbons (Fsp3) is 1.00. The average Bonchev–Trinajstić information content (AvgIpc) is 2.20. The zero-order chi connectivity index (χ0) is 9.15. The molecule has 1 saturated heterocycles. The summed E-state index contributed by atoms with van der Waals surface area (Å²) >= 11 is 0. The van der Waals surface area contributed by atoms with Gasteiger partial charge in [0.25, 0.3) is 0 Å². The molecule has 13 heavy (non-hydrogen) atoms. The Hall–Kier alpha value is -0.600. The highest BCUT2D eigenvalue weighted by atomic mass is 16.3. The molecule has 2 aliphatic rings. The summed E-state index contributed by atoms with van der Waals surface area (Å²) in [4.78, 5) is 10.3. The van der Waals surface area contributed by atoms with Gasteiger partial charge in [-0.05, 0) is 31.1 Å². The van der Waals surface area contributed by atoms with Crippen LogP contribution in [0.1, 0.15) is 44.9 Å². The zero-order valence-corrected chi connectivity index (χ0v) is 8.17. The van der Waals surface area contributed by atoms with Gasteiger partial charge in [0, 0.05) is 13.1 Å². The second-order valence-electron chi connectivity index (χ2n) is 4.60. The first-order valence-electron chi connectivity index (χ1n) is 5.43. The standard InChI is InChI=1S/C10H18N2O/c13-11-12-8-6-10(7-9-12)4-2-1-3-5-10/h1-9H2. The Bertz CT molecular complexity index is 177. The molecular weight excluding hydrogens is 164 g/mol. The van der Waals surface area contributed by atoms with Crippen molar-refractivity contribution in [1.82, 2.24) is 5.01 Å². The number of hydrogen-bond donors (Lipinski definition) is 0. The first-order chi connectivity index (χ1) is 6.35. The van der Waals surface area contributed by atoms with Crippen molar-refractivity contribution in [3.05, 3.63) is 4.91 Å². The van der Waals surface area contributed by atoms with E-state index in [9.17, 15) is 4.91 Å². The lowest BCUT2D eigenvalue weighted by Crippen LogP contribution is -2.38. The maximum Gasteiger partial charge on any atom is 0.0523 e. The van der Waals surface area contributed by atoms with Crippen molar-refractivity contribution in [3.8, 4) is 0 Å². The van der Waals surface area contributed by atoms with Gasteiger partial charge in [-0.15, -0.1) is 4.91 Å². The summed E-state index contributed by atoms with van der Waals surface area (Å²) in [7, 11) is 0. The molecule has 1 heterocycles. The van der Waals surface area contributed by atoms with Crippen molar-refractivity contribution in [2.75, 3.05) is 13.1 Å². The SMILES string of the molecule is O=NN1CCC2(CCCCC2)CC1. The molecular formula is C10H18N2O. The summed E-state index contributed by atoms with van der Waals surface area (Å²) in [6.45, 7) is 1.78. The van der Waals surface area contributed by atoms with Crippen molar-refractivity contribution < 1.29 is 0 Å². The van der Waals surface area contributed by atoms with E-state index >= 15 is 0 Å². The molecule has 0 aromatic carbocycles. The molecule has 1 aliphatic heterocycles. The van der Waals surface area contributed by atoms with Crippen LogP contribution in [-0.4, -0.2) is 18.1 Å². The summed E-state index contributed by atoms with van der Waals surface area (Å²) in [5.41, 5.74) is 0.597. The van der Waals surface area contributed by atoms with Gasteiger partial charge in [0.2, 0.25) is 0 Å². The molecule has 0 bridgehead atoms. The van der Waals surface area contributed by atoms with E-state index < -0.39 is 0 Å². The third-order valence-corrected chi connectivity index (χ3v) is 3.83. The molecule has 3 nitrogen and oxygen atoms in total. The van der Waals surface area contributed by atoms with Gasteiger partial charge >= 0.3 is 0 Å². The fourth-order valence-corrected chi connectivity index (χ4v) is 2.85. The molecule has 0 amide bonds. The van der Waals surface area contributed by atoms with E-state index in [1.54, 1.807) is 5.01 Å². The van der Waals surface area contributed by atoms with Gasteiger partial charge in [0.05, 0.1) is 5.29 Å². The number of nitroso groups, excluding NO2 is 1. The molecule has 0 N–H and O–H groups in total. The lowest BCUT2D eigenvalue weighted by atomic mass is 9.68. The molecule has 2 fully saturated rings. The number of hydrogen-bond acceptors (Lipinski definition) is 2. The van der Waals surface area contributed by atoms with Gasteiger partial charge in [-0.1, -0.05) is 19.3 Å². The second kappa shape index (κ2) is 3.64. The van der Waals surface area contributed by atoms with Crippen LogP contribution in [-0.2, 0) is 0 Å². The summed E-state index contributed by atoms with van der Waals surface area (Å²) in [5.74, 6) is 0. The first-order valence-corrected chi connectivity index (χ1v) is 5.43. The average molecular weight is 182 g/mol. The molecule has 2 rings (SSSR count). The smallest absolute Gasteiger partial charge is 0.0523 e. The van der Waals surface area contributed by atoms with E-state index in [0.717, 1.165) is 13.1 Å². The van der Waals surface area contributed by atoms with Crippen LogP contribution in [0.25, 0.3) is 0 Å². The van der Waals surface area contributed by atoms with Crippen molar-refractivity contribution >= 4 is 0 Å². The molecule has 0 aromatic rings. The maximum atomic E-state index is 10.3. The highest BCUT2D eigenvalue weighted by Crippen LogP contribution is 2.44. The molecule has 1 aliphatic carbocycles. The minimum atomic E-state index is 0.597. The third-order valence-electron chi connectivity index (χ3n) is 3.83. The van der Waals surface area contributed by atoms with Crippen LogP contribution in [0, 0.1) is 10.3 Å². The second-order valence-corrected chi connectivity index (χ2v) is 4.60. The van der Waals surface area contributed by atoms with Crippen LogP contribution in [0.15, 0.2) is 5.29 Å².